The Morgan fingerprint density at radius 1 is 0.867 bits per heavy atom. The predicted octanol–water partition coefficient (Wildman–Crippen LogP) is -6.55. The second-order valence-electron chi connectivity index (χ2n) is 3.33. The lowest BCUT2D eigenvalue weighted by Gasteiger charge is -1.89. The van der Waals surface area contributed by atoms with E-state index in [1.807, 2.05) is 35.6 Å². The van der Waals surface area contributed by atoms with Gasteiger partial charge in [0.1, 0.15) is 24.8 Å². The van der Waals surface area contributed by atoms with Crippen molar-refractivity contribution in [2.24, 2.45) is 14.1 Å². The van der Waals surface area contributed by atoms with Crippen molar-refractivity contribution in [1.29, 1.82) is 0 Å². The normalized spacial score (nSPS) is 9.20. The number of nitrogens with zero attached hydrogens (tertiary/aromatic N) is 4. The van der Waals surface area contributed by atoms with Gasteiger partial charge in [0.05, 0.1) is 14.1 Å². The van der Waals surface area contributed by atoms with Gasteiger partial charge >= 0.3 is 0 Å². The quantitative estimate of drug-likeness (QED) is 0.471. The van der Waals surface area contributed by atoms with E-state index >= 15 is 0 Å². The van der Waals surface area contributed by atoms with Crippen LogP contribution in [0.4, 0.5) is 0 Å². The Morgan fingerprint density at radius 3 is 1.53 bits per heavy atom. The molecule has 0 saturated heterocycles. The van der Waals surface area contributed by atoms with Crippen LogP contribution in [-0.4, -0.2) is 9.13 Å². The molecule has 0 aromatic carbocycles. The summed E-state index contributed by atoms with van der Waals surface area (Å²) in [4.78, 5) is 0. The molecule has 0 aliphatic rings. The number of imidazole rings is 2. The third-order valence-electron chi connectivity index (χ3n) is 1.97. The second kappa shape index (κ2) is 5.78. The van der Waals surface area contributed by atoms with Crippen molar-refractivity contribution in [3.8, 4) is 0 Å². The highest BCUT2D eigenvalue weighted by atomic mass is 35.5. The minimum Gasteiger partial charge on any atom is -1.00 e. The highest BCUT2D eigenvalue weighted by Gasteiger charge is 2.04. The average molecular weight is 249 g/mol. The Labute approximate surface area is 102 Å². The molecule has 0 saturated carbocycles. The number of rotatable bonds is 2. The summed E-state index contributed by atoms with van der Waals surface area (Å²) in [6.45, 7) is 0.863. The van der Waals surface area contributed by atoms with Gasteiger partial charge in [-0.3, -0.25) is 0 Å². The van der Waals surface area contributed by atoms with Gasteiger partial charge < -0.3 is 24.8 Å². The third kappa shape index (κ3) is 3.57. The maximum absolute atomic E-state index is 2.12. The molecule has 0 unspecified atom stereocenters. The number of hydrogen-bond acceptors (Lipinski definition) is 0. The SMILES string of the molecule is C[n+]1ccn(Cn2cc[n+](C)c2)c1.[Cl-].[Cl-]. The Bertz CT molecular complexity index is 369. The average Bonchev–Trinajstić information content (AvgIpc) is 2.62. The van der Waals surface area contributed by atoms with Gasteiger partial charge in [-0.25, -0.2) is 9.13 Å². The highest BCUT2D eigenvalue weighted by Crippen LogP contribution is 1.87. The molecule has 0 fully saturated rings. The lowest BCUT2D eigenvalue weighted by molar-refractivity contribution is -0.671. The van der Waals surface area contributed by atoms with Crippen molar-refractivity contribution in [2.75, 3.05) is 0 Å². The monoisotopic (exact) mass is 248 g/mol. The molecule has 0 atom stereocenters. The number of aryl methyl sites for hydroxylation is 2. The van der Waals surface area contributed by atoms with E-state index in [0.29, 0.717) is 0 Å². The lowest BCUT2D eigenvalue weighted by Crippen LogP contribution is -3.00. The van der Waals surface area contributed by atoms with Crippen LogP contribution in [0.2, 0.25) is 0 Å². The van der Waals surface area contributed by atoms with Gasteiger partial charge in [-0.15, -0.1) is 0 Å². The molecular weight excluding hydrogens is 235 g/mol. The fourth-order valence-corrected chi connectivity index (χ4v) is 1.36. The molecule has 0 bridgehead atoms. The van der Waals surface area contributed by atoms with Crippen LogP contribution in [-0.2, 0) is 20.8 Å². The van der Waals surface area contributed by atoms with Crippen molar-refractivity contribution in [3.05, 3.63) is 37.4 Å². The third-order valence-corrected chi connectivity index (χ3v) is 1.97. The first-order valence-corrected chi connectivity index (χ1v) is 4.26. The van der Waals surface area contributed by atoms with E-state index in [0.717, 1.165) is 6.67 Å². The lowest BCUT2D eigenvalue weighted by atomic mass is 10.8. The van der Waals surface area contributed by atoms with Crippen LogP contribution in [0.15, 0.2) is 37.4 Å². The van der Waals surface area contributed by atoms with Gasteiger partial charge in [-0.2, -0.15) is 9.13 Å². The van der Waals surface area contributed by atoms with Crippen molar-refractivity contribution in [1.82, 2.24) is 9.13 Å². The molecule has 2 rings (SSSR count). The van der Waals surface area contributed by atoms with Crippen LogP contribution in [0, 0.1) is 0 Å². The highest BCUT2D eigenvalue weighted by molar-refractivity contribution is 4.71. The van der Waals surface area contributed by atoms with Crippen LogP contribution >= 0.6 is 0 Å². The van der Waals surface area contributed by atoms with Crippen LogP contribution in [0.3, 0.4) is 0 Å². The van der Waals surface area contributed by atoms with E-state index in [1.165, 1.54) is 0 Å². The summed E-state index contributed by atoms with van der Waals surface area (Å²) in [5, 5.41) is 0. The Balaban J connectivity index is 0.000000980. The second-order valence-corrected chi connectivity index (χ2v) is 3.33. The van der Waals surface area contributed by atoms with Gasteiger partial charge in [0.25, 0.3) is 0 Å². The zero-order valence-corrected chi connectivity index (χ0v) is 10.2. The van der Waals surface area contributed by atoms with Crippen LogP contribution < -0.4 is 33.9 Å². The minimum absolute atomic E-state index is 0. The van der Waals surface area contributed by atoms with Crippen LogP contribution in [0.5, 0.6) is 0 Å². The van der Waals surface area contributed by atoms with Gasteiger partial charge in [-0.1, -0.05) is 0 Å². The summed E-state index contributed by atoms with van der Waals surface area (Å²) in [6, 6.07) is 0. The summed E-state index contributed by atoms with van der Waals surface area (Å²) < 4.78 is 8.31. The summed E-state index contributed by atoms with van der Waals surface area (Å²) in [5.74, 6) is 0. The van der Waals surface area contributed by atoms with Crippen molar-refractivity contribution in [3.63, 3.8) is 0 Å². The molecule has 2 heterocycles. The molecule has 0 amide bonds. The van der Waals surface area contributed by atoms with Gasteiger partial charge in [0.15, 0.2) is 0 Å². The van der Waals surface area contributed by atoms with Gasteiger partial charge in [0.2, 0.25) is 19.3 Å². The van der Waals surface area contributed by atoms with Crippen LogP contribution in [0.1, 0.15) is 0 Å². The summed E-state index contributed by atoms with van der Waals surface area (Å²) in [5.41, 5.74) is 0. The fraction of sp³-hybridized carbons (Fsp3) is 0.333. The van der Waals surface area contributed by atoms with E-state index < -0.39 is 0 Å². The van der Waals surface area contributed by atoms with Crippen LogP contribution in [0.25, 0.3) is 0 Å². The predicted molar refractivity (Wildman–Crippen MR) is 46.6 cm³/mol. The van der Waals surface area contributed by atoms with Crippen molar-refractivity contribution in [2.45, 2.75) is 6.67 Å². The molecule has 0 N–H and O–H groups in total. The molecule has 0 spiro atoms. The summed E-state index contributed by atoms with van der Waals surface area (Å²) in [7, 11) is 4.04. The van der Waals surface area contributed by atoms with Crippen molar-refractivity contribution < 1.29 is 33.9 Å². The molecular formula is C9H14Cl2N4. The van der Waals surface area contributed by atoms with Gasteiger partial charge in [-0.05, 0) is 0 Å². The zero-order chi connectivity index (χ0) is 9.26. The maximum Gasteiger partial charge on any atom is 0.246 e. The summed E-state index contributed by atoms with van der Waals surface area (Å²) in [6.07, 6.45) is 12.3. The van der Waals surface area contributed by atoms with E-state index in [1.54, 1.807) is 0 Å². The van der Waals surface area contributed by atoms with E-state index in [-0.39, 0.29) is 24.8 Å². The molecule has 0 aliphatic heterocycles. The molecule has 2 aromatic rings. The molecule has 15 heavy (non-hydrogen) atoms. The maximum atomic E-state index is 2.12. The first kappa shape index (κ1) is 14.0. The zero-order valence-electron chi connectivity index (χ0n) is 8.72. The molecule has 4 nitrogen and oxygen atoms in total. The van der Waals surface area contributed by atoms with E-state index in [9.17, 15) is 0 Å². The Kier molecular flexibility index (Phi) is 5.39. The molecule has 2 aromatic heterocycles. The Morgan fingerprint density at radius 2 is 1.27 bits per heavy atom. The van der Waals surface area contributed by atoms with E-state index in [2.05, 4.69) is 34.2 Å². The fourth-order valence-electron chi connectivity index (χ4n) is 1.36. The molecule has 84 valence electrons. The Hall–Kier alpha value is -1.00. The largest absolute Gasteiger partial charge is 1.00 e. The van der Waals surface area contributed by atoms with Gasteiger partial charge in [0, 0.05) is 0 Å². The first-order valence-electron chi connectivity index (χ1n) is 4.26. The number of hydrogen-bond donors (Lipinski definition) is 0. The summed E-state index contributed by atoms with van der Waals surface area (Å²) >= 11 is 0. The van der Waals surface area contributed by atoms with Crippen molar-refractivity contribution >= 4 is 0 Å². The molecule has 0 radical (unpaired) electrons. The standard InChI is InChI=1S/C9H14N4.2ClH/c1-10-3-5-12(7-10)9-13-6-4-11(2)8-13;;/h3-8H,9H2,1-2H3;2*1H/q+2;;/p-2. The number of halogens is 2. The molecule has 0 aliphatic carbocycles. The smallest absolute Gasteiger partial charge is 0.246 e. The first-order chi connectivity index (χ1) is 6.24. The van der Waals surface area contributed by atoms with E-state index in [4.69, 9.17) is 0 Å². The molecule has 6 heteroatoms. The minimum atomic E-state index is 0. The topological polar surface area (TPSA) is 17.6 Å². The number of aromatic nitrogens is 4.